The van der Waals surface area contributed by atoms with E-state index in [1.54, 1.807) is 0 Å². The van der Waals surface area contributed by atoms with E-state index in [1.165, 1.54) is 55.3 Å². The molecule has 2 nitrogen and oxygen atoms in total. The van der Waals surface area contributed by atoms with Gasteiger partial charge in [0.2, 0.25) is 0 Å². The third-order valence-corrected chi connectivity index (χ3v) is 10.8. The summed E-state index contributed by atoms with van der Waals surface area (Å²) in [5.74, 6) is 0. The number of furan rings is 1. The molecule has 1 aliphatic carbocycles. The molecule has 0 unspecified atom stereocenters. The van der Waals surface area contributed by atoms with Crippen LogP contribution in [0.25, 0.3) is 66.1 Å². The van der Waals surface area contributed by atoms with Crippen molar-refractivity contribution < 1.29 is 4.42 Å². The van der Waals surface area contributed by atoms with Crippen molar-refractivity contribution in [3.8, 4) is 33.4 Å². The van der Waals surface area contributed by atoms with Gasteiger partial charge < -0.3 is 9.32 Å². The third kappa shape index (κ3) is 4.50. The Morgan fingerprint density at radius 1 is 0.451 bits per heavy atom. The summed E-state index contributed by atoms with van der Waals surface area (Å²) in [6, 6.07) is 63.3. The van der Waals surface area contributed by atoms with Crippen molar-refractivity contribution in [3.63, 3.8) is 0 Å². The summed E-state index contributed by atoms with van der Waals surface area (Å²) in [5.41, 5.74) is 15.0. The van der Waals surface area contributed by atoms with Crippen molar-refractivity contribution in [1.29, 1.82) is 0 Å². The fourth-order valence-corrected chi connectivity index (χ4v) is 8.48. The molecule has 0 saturated heterocycles. The molecule has 0 bridgehead atoms. The lowest BCUT2D eigenvalue weighted by Crippen LogP contribution is -2.15. The first-order chi connectivity index (χ1) is 25.1. The van der Waals surface area contributed by atoms with Gasteiger partial charge in [-0.25, -0.2) is 0 Å². The Morgan fingerprint density at radius 2 is 0.980 bits per heavy atom. The van der Waals surface area contributed by atoms with Crippen molar-refractivity contribution in [2.75, 3.05) is 4.90 Å². The third-order valence-electron chi connectivity index (χ3n) is 10.8. The summed E-state index contributed by atoms with van der Waals surface area (Å²) in [6.45, 7) is 4.74. The lowest BCUT2D eigenvalue weighted by Gasteiger charge is -2.27. The highest BCUT2D eigenvalue weighted by Crippen LogP contribution is 2.57. The predicted molar refractivity (Wildman–Crippen MR) is 214 cm³/mol. The quantitative estimate of drug-likeness (QED) is 0.184. The summed E-state index contributed by atoms with van der Waals surface area (Å²) in [6.07, 6.45) is 0. The van der Waals surface area contributed by atoms with Crippen LogP contribution in [-0.2, 0) is 5.41 Å². The van der Waals surface area contributed by atoms with Gasteiger partial charge in [0.25, 0.3) is 0 Å². The maximum Gasteiger partial charge on any atom is 0.143 e. The number of fused-ring (bicyclic) bond motifs is 10. The number of rotatable bonds is 5. The van der Waals surface area contributed by atoms with E-state index in [9.17, 15) is 0 Å². The minimum Gasteiger partial charge on any atom is -0.455 e. The van der Waals surface area contributed by atoms with Gasteiger partial charge in [-0.15, -0.1) is 0 Å². The van der Waals surface area contributed by atoms with Crippen molar-refractivity contribution >= 4 is 49.8 Å². The molecule has 0 N–H and O–H groups in total. The molecule has 0 aliphatic heterocycles. The van der Waals surface area contributed by atoms with Crippen molar-refractivity contribution in [2.24, 2.45) is 0 Å². The molecule has 0 radical (unpaired) electrons. The first kappa shape index (κ1) is 29.5. The monoisotopic (exact) mass is 653 g/mol. The zero-order valence-electron chi connectivity index (χ0n) is 28.6. The van der Waals surface area contributed by atoms with Crippen LogP contribution in [-0.4, -0.2) is 0 Å². The number of benzene rings is 8. The van der Waals surface area contributed by atoms with Crippen LogP contribution in [0, 0.1) is 0 Å². The van der Waals surface area contributed by atoms with E-state index in [0.717, 1.165) is 39.0 Å². The molecule has 2 heteroatoms. The van der Waals surface area contributed by atoms with Crippen LogP contribution in [0.15, 0.2) is 180 Å². The molecule has 0 spiro atoms. The molecule has 1 aromatic heterocycles. The summed E-state index contributed by atoms with van der Waals surface area (Å²) >= 11 is 0. The van der Waals surface area contributed by atoms with Crippen molar-refractivity contribution in [2.45, 2.75) is 19.3 Å². The highest BCUT2D eigenvalue weighted by atomic mass is 16.3. The molecule has 51 heavy (non-hydrogen) atoms. The zero-order valence-corrected chi connectivity index (χ0v) is 28.6. The van der Waals surface area contributed by atoms with Crippen LogP contribution in [0.5, 0.6) is 0 Å². The fraction of sp³-hybridized carbons (Fsp3) is 0.0612. The van der Waals surface area contributed by atoms with Gasteiger partial charge in [0, 0.05) is 27.6 Å². The van der Waals surface area contributed by atoms with Gasteiger partial charge in [-0.2, -0.15) is 0 Å². The standard InChI is InChI=1S/C49H35NO/c1-49(2)41-21-12-11-20-40(41)44-38-18-9-10-19-39(38)48-46(47(44)49)45-42(22-13-23-43(45)51-48)50(36-28-24-34(25-29-36)32-14-5-3-6-15-32)37-30-26-35(27-31-37)33-16-7-4-8-17-33/h3-31H,1-2H3. The first-order valence-electron chi connectivity index (χ1n) is 17.7. The lowest BCUT2D eigenvalue weighted by molar-refractivity contribution is 0.659. The van der Waals surface area contributed by atoms with Crippen LogP contribution in [0.1, 0.15) is 25.0 Å². The topological polar surface area (TPSA) is 16.4 Å². The second-order valence-electron chi connectivity index (χ2n) is 14.1. The van der Waals surface area contributed by atoms with E-state index < -0.39 is 0 Å². The Bertz CT molecular complexity index is 2660. The van der Waals surface area contributed by atoms with Gasteiger partial charge >= 0.3 is 0 Å². The summed E-state index contributed by atoms with van der Waals surface area (Å²) in [4.78, 5) is 2.40. The predicted octanol–water partition coefficient (Wildman–Crippen LogP) is 13.8. The number of nitrogens with zero attached hydrogens (tertiary/aromatic N) is 1. The molecule has 1 aliphatic rings. The Labute approximate surface area is 297 Å². The highest BCUT2D eigenvalue weighted by molar-refractivity contribution is 6.26. The van der Waals surface area contributed by atoms with Gasteiger partial charge in [-0.3, -0.25) is 0 Å². The normalized spacial score (nSPS) is 13.1. The van der Waals surface area contributed by atoms with E-state index in [4.69, 9.17) is 4.42 Å². The highest BCUT2D eigenvalue weighted by Gasteiger charge is 2.40. The van der Waals surface area contributed by atoms with Gasteiger partial charge in [-0.1, -0.05) is 153 Å². The molecular formula is C49H35NO. The molecule has 1 heterocycles. The molecule has 8 aromatic carbocycles. The Kier molecular flexibility index (Phi) is 6.56. The van der Waals surface area contributed by atoms with Crippen LogP contribution in [0.3, 0.4) is 0 Å². The minimum atomic E-state index is -0.225. The van der Waals surface area contributed by atoms with E-state index in [-0.39, 0.29) is 5.41 Å². The number of anilines is 3. The fourth-order valence-electron chi connectivity index (χ4n) is 8.48. The van der Waals surface area contributed by atoms with E-state index >= 15 is 0 Å². The van der Waals surface area contributed by atoms with Crippen molar-refractivity contribution in [3.05, 3.63) is 187 Å². The van der Waals surface area contributed by atoms with Crippen LogP contribution in [0.4, 0.5) is 17.1 Å². The number of hydrogen-bond acceptors (Lipinski definition) is 2. The Morgan fingerprint density at radius 3 is 1.61 bits per heavy atom. The SMILES string of the molecule is CC1(C)c2ccccc2-c2c1c1c(oc3cccc(N(c4ccc(-c5ccccc5)cc4)c4ccc(-c5ccccc5)cc4)c31)c1ccccc21. The number of hydrogen-bond donors (Lipinski definition) is 0. The molecule has 9 aromatic rings. The summed E-state index contributed by atoms with van der Waals surface area (Å²) < 4.78 is 6.97. The van der Waals surface area contributed by atoms with Crippen LogP contribution < -0.4 is 4.90 Å². The Balaban J connectivity index is 1.26. The largest absolute Gasteiger partial charge is 0.455 e. The van der Waals surface area contributed by atoms with Crippen LogP contribution >= 0.6 is 0 Å². The molecule has 0 saturated carbocycles. The zero-order chi connectivity index (χ0) is 34.1. The minimum absolute atomic E-state index is 0.225. The van der Waals surface area contributed by atoms with Crippen LogP contribution in [0.2, 0.25) is 0 Å². The molecule has 0 amide bonds. The smallest absolute Gasteiger partial charge is 0.143 e. The molecule has 0 atom stereocenters. The molecule has 242 valence electrons. The van der Waals surface area contributed by atoms with E-state index in [2.05, 4.69) is 195 Å². The second kappa shape index (κ2) is 11.3. The lowest BCUT2D eigenvalue weighted by atomic mass is 9.79. The summed E-state index contributed by atoms with van der Waals surface area (Å²) in [7, 11) is 0. The maximum atomic E-state index is 6.97. The molecular weight excluding hydrogens is 619 g/mol. The van der Waals surface area contributed by atoms with Gasteiger partial charge in [0.1, 0.15) is 11.2 Å². The van der Waals surface area contributed by atoms with E-state index in [0.29, 0.717) is 0 Å². The molecule has 10 rings (SSSR count). The van der Waals surface area contributed by atoms with Crippen molar-refractivity contribution in [1.82, 2.24) is 0 Å². The Hall–Kier alpha value is -6.38. The van der Waals surface area contributed by atoms with Gasteiger partial charge in [0.05, 0.1) is 11.1 Å². The van der Waals surface area contributed by atoms with E-state index in [1.807, 2.05) is 0 Å². The average molecular weight is 654 g/mol. The first-order valence-corrected chi connectivity index (χ1v) is 17.7. The second-order valence-corrected chi connectivity index (χ2v) is 14.1. The van der Waals surface area contributed by atoms with Gasteiger partial charge in [0.15, 0.2) is 0 Å². The average Bonchev–Trinajstić information content (AvgIpc) is 3.69. The molecule has 0 fully saturated rings. The maximum absolute atomic E-state index is 6.97. The summed E-state index contributed by atoms with van der Waals surface area (Å²) in [5, 5.41) is 4.72. The van der Waals surface area contributed by atoms with Gasteiger partial charge in [-0.05, 0) is 86.3 Å².